The van der Waals surface area contributed by atoms with Gasteiger partial charge in [-0.2, -0.15) is 0 Å². The Morgan fingerprint density at radius 2 is 1.70 bits per heavy atom. The molecular weight excluding hydrogens is 402 g/mol. The van der Waals surface area contributed by atoms with Crippen molar-refractivity contribution in [1.29, 1.82) is 0 Å². The number of hydrogen-bond donors (Lipinski definition) is 2. The average molecular weight is 428 g/mol. The maximum atomic E-state index is 13.2. The molecule has 1 aromatic carbocycles. The highest BCUT2D eigenvalue weighted by atomic mass is 32.1. The van der Waals surface area contributed by atoms with Crippen molar-refractivity contribution in [2.45, 2.75) is 33.1 Å². The topological polar surface area (TPSA) is 92.7 Å². The van der Waals surface area contributed by atoms with Crippen molar-refractivity contribution in [2.24, 2.45) is 23.7 Å². The van der Waals surface area contributed by atoms with Gasteiger partial charge in [0.25, 0.3) is 0 Å². The van der Waals surface area contributed by atoms with Crippen LogP contribution < -0.4 is 5.32 Å². The zero-order valence-electron chi connectivity index (χ0n) is 17.2. The molecule has 1 heterocycles. The van der Waals surface area contributed by atoms with E-state index in [1.165, 1.54) is 18.4 Å². The zero-order chi connectivity index (χ0) is 21.6. The molecule has 2 saturated carbocycles. The molecule has 0 aliphatic heterocycles. The Balaban J connectivity index is 1.70. The van der Waals surface area contributed by atoms with Gasteiger partial charge in [-0.15, -0.1) is 11.3 Å². The van der Waals surface area contributed by atoms with Gasteiger partial charge in [0.05, 0.1) is 18.9 Å². The number of carbonyl (C=O) groups excluding carboxylic acids is 2. The zero-order valence-corrected chi connectivity index (χ0v) is 18.0. The van der Waals surface area contributed by atoms with Crippen molar-refractivity contribution in [1.82, 2.24) is 0 Å². The van der Waals surface area contributed by atoms with Crippen LogP contribution in [-0.4, -0.2) is 30.1 Å². The summed E-state index contributed by atoms with van der Waals surface area (Å²) in [6.45, 7) is 3.89. The molecule has 2 N–H and O–H groups in total. The lowest BCUT2D eigenvalue weighted by atomic mass is 9.78. The molecule has 158 valence electrons. The Bertz CT molecular complexity index is 1010. The van der Waals surface area contributed by atoms with E-state index in [0.29, 0.717) is 10.6 Å². The molecule has 4 atom stereocenters. The Hall–Kier alpha value is -2.67. The molecule has 0 unspecified atom stereocenters. The first-order chi connectivity index (χ1) is 14.3. The standard InChI is InChI=1S/C23H25NO5S/c1-11-4-6-13(7-5-11)16-12(2)30-21(19(16)23(28)29-3)24-20(25)17-14-8-9-15(10-14)18(17)22(26)27/h4-7,14-15,17-18H,8-10H2,1-3H3,(H,24,25)(H,26,27)/t14-,15-,17-,18+/m0/s1. The molecule has 2 aliphatic carbocycles. The van der Waals surface area contributed by atoms with Crippen molar-refractivity contribution in [3.63, 3.8) is 0 Å². The van der Waals surface area contributed by atoms with Gasteiger partial charge in [-0.05, 0) is 50.5 Å². The van der Waals surface area contributed by atoms with E-state index in [-0.39, 0.29) is 17.7 Å². The molecule has 2 bridgehead atoms. The number of thiophene rings is 1. The Labute approximate surface area is 179 Å². The van der Waals surface area contributed by atoms with Gasteiger partial charge in [0.2, 0.25) is 5.91 Å². The van der Waals surface area contributed by atoms with Crippen LogP contribution >= 0.6 is 11.3 Å². The van der Waals surface area contributed by atoms with Gasteiger partial charge in [0.15, 0.2) is 0 Å². The van der Waals surface area contributed by atoms with Crippen molar-refractivity contribution < 1.29 is 24.2 Å². The second-order valence-corrected chi connectivity index (χ2v) is 9.53. The summed E-state index contributed by atoms with van der Waals surface area (Å²) in [7, 11) is 1.32. The number of carboxylic acid groups (broad SMARTS) is 1. The van der Waals surface area contributed by atoms with Crippen LogP contribution in [0.15, 0.2) is 24.3 Å². The fourth-order valence-electron chi connectivity index (χ4n) is 5.22. The number of amides is 1. The number of carboxylic acids is 1. The normalized spacial score (nSPS) is 24.6. The minimum atomic E-state index is -0.904. The third-order valence-electron chi connectivity index (χ3n) is 6.56. The number of fused-ring (bicyclic) bond motifs is 2. The average Bonchev–Trinajstić information content (AvgIpc) is 3.41. The number of rotatable bonds is 5. The number of aryl methyl sites for hydroxylation is 2. The summed E-state index contributed by atoms with van der Waals surface area (Å²) in [6.07, 6.45) is 2.54. The van der Waals surface area contributed by atoms with Crippen LogP contribution in [0, 0.1) is 37.5 Å². The molecule has 1 aromatic heterocycles. The summed E-state index contributed by atoms with van der Waals surface area (Å²) in [5, 5.41) is 13.0. The Morgan fingerprint density at radius 3 is 2.30 bits per heavy atom. The maximum absolute atomic E-state index is 13.2. The highest BCUT2D eigenvalue weighted by Gasteiger charge is 2.54. The first-order valence-electron chi connectivity index (χ1n) is 10.1. The minimum absolute atomic E-state index is 0.0662. The number of benzene rings is 1. The van der Waals surface area contributed by atoms with Crippen molar-refractivity contribution in [3.05, 3.63) is 40.3 Å². The summed E-state index contributed by atoms with van der Waals surface area (Å²) in [4.78, 5) is 38.5. The molecule has 1 amide bonds. The van der Waals surface area contributed by atoms with Gasteiger partial charge < -0.3 is 15.2 Å². The number of methoxy groups -OCH3 is 1. The highest BCUT2D eigenvalue weighted by molar-refractivity contribution is 7.17. The number of nitrogens with one attached hydrogen (secondary N) is 1. The first-order valence-corrected chi connectivity index (χ1v) is 11.0. The lowest BCUT2D eigenvalue weighted by Crippen LogP contribution is -2.37. The number of hydrogen-bond acceptors (Lipinski definition) is 5. The molecule has 0 spiro atoms. The lowest BCUT2D eigenvalue weighted by molar-refractivity contribution is -0.148. The predicted octanol–water partition coefficient (Wildman–Crippen LogP) is 4.50. The quantitative estimate of drug-likeness (QED) is 0.685. The van der Waals surface area contributed by atoms with Crippen molar-refractivity contribution in [3.8, 4) is 11.1 Å². The van der Waals surface area contributed by atoms with Crippen LogP contribution in [-0.2, 0) is 14.3 Å². The van der Waals surface area contributed by atoms with Crippen LogP contribution in [0.1, 0.15) is 40.1 Å². The van der Waals surface area contributed by atoms with E-state index >= 15 is 0 Å². The van der Waals surface area contributed by atoms with Crippen LogP contribution in [0.4, 0.5) is 5.00 Å². The van der Waals surface area contributed by atoms with E-state index in [9.17, 15) is 19.5 Å². The van der Waals surface area contributed by atoms with Crippen LogP contribution in [0.25, 0.3) is 11.1 Å². The first kappa shape index (κ1) is 20.6. The largest absolute Gasteiger partial charge is 0.481 e. The van der Waals surface area contributed by atoms with E-state index in [1.54, 1.807) is 0 Å². The number of ether oxygens (including phenoxy) is 1. The van der Waals surface area contributed by atoms with E-state index in [4.69, 9.17) is 4.74 Å². The number of carbonyl (C=O) groups is 3. The smallest absolute Gasteiger partial charge is 0.341 e. The SMILES string of the molecule is COC(=O)c1c(NC(=O)[C@H]2[C@H]3CC[C@@H](C3)[C@H]2C(=O)O)sc(C)c1-c1ccc(C)cc1. The van der Waals surface area contributed by atoms with Crippen molar-refractivity contribution in [2.75, 3.05) is 12.4 Å². The van der Waals surface area contributed by atoms with E-state index in [2.05, 4.69) is 5.32 Å². The van der Waals surface area contributed by atoms with Gasteiger partial charge in [-0.3, -0.25) is 9.59 Å². The molecule has 0 radical (unpaired) electrons. The molecule has 2 aromatic rings. The lowest BCUT2D eigenvalue weighted by Gasteiger charge is -2.26. The third kappa shape index (κ3) is 3.41. The molecule has 0 saturated heterocycles. The van der Waals surface area contributed by atoms with Gasteiger partial charge in [0.1, 0.15) is 10.6 Å². The predicted molar refractivity (Wildman–Crippen MR) is 115 cm³/mol. The van der Waals surface area contributed by atoms with E-state index in [1.807, 2.05) is 38.1 Å². The summed E-state index contributed by atoms with van der Waals surface area (Å²) < 4.78 is 5.01. The van der Waals surface area contributed by atoms with Crippen LogP contribution in [0.5, 0.6) is 0 Å². The van der Waals surface area contributed by atoms with Gasteiger partial charge in [0, 0.05) is 10.4 Å². The summed E-state index contributed by atoms with van der Waals surface area (Å²) in [6, 6.07) is 7.83. The van der Waals surface area contributed by atoms with Crippen LogP contribution in [0.3, 0.4) is 0 Å². The van der Waals surface area contributed by atoms with E-state index < -0.39 is 23.8 Å². The second kappa shape index (κ2) is 7.87. The number of esters is 1. The van der Waals surface area contributed by atoms with Gasteiger partial charge in [-0.1, -0.05) is 29.8 Å². The monoisotopic (exact) mass is 427 g/mol. The molecule has 2 aliphatic rings. The fourth-order valence-corrected chi connectivity index (χ4v) is 6.28. The second-order valence-electron chi connectivity index (χ2n) is 8.31. The third-order valence-corrected chi connectivity index (χ3v) is 7.58. The maximum Gasteiger partial charge on any atom is 0.341 e. The minimum Gasteiger partial charge on any atom is -0.481 e. The van der Waals surface area contributed by atoms with Crippen molar-refractivity contribution >= 4 is 34.2 Å². The Morgan fingerprint density at radius 1 is 1.07 bits per heavy atom. The molecule has 6 nitrogen and oxygen atoms in total. The molecule has 7 heteroatoms. The molecular formula is C23H25NO5S. The number of anilines is 1. The Kier molecular flexibility index (Phi) is 5.40. The summed E-state index contributed by atoms with van der Waals surface area (Å²) in [5.74, 6) is -2.78. The summed E-state index contributed by atoms with van der Waals surface area (Å²) in [5.41, 5.74) is 3.05. The van der Waals surface area contributed by atoms with Gasteiger partial charge >= 0.3 is 11.9 Å². The van der Waals surface area contributed by atoms with E-state index in [0.717, 1.165) is 40.8 Å². The highest BCUT2D eigenvalue weighted by Crippen LogP contribution is 2.53. The van der Waals surface area contributed by atoms with Gasteiger partial charge in [-0.25, -0.2) is 4.79 Å². The molecule has 30 heavy (non-hydrogen) atoms. The molecule has 4 rings (SSSR count). The number of aliphatic carboxylic acids is 1. The van der Waals surface area contributed by atoms with Crippen LogP contribution in [0.2, 0.25) is 0 Å². The summed E-state index contributed by atoms with van der Waals surface area (Å²) >= 11 is 1.32. The molecule has 2 fully saturated rings. The fraction of sp³-hybridized carbons (Fsp3) is 0.435.